The zero-order valence-electron chi connectivity index (χ0n) is 11.6. The van der Waals surface area contributed by atoms with E-state index in [1.807, 2.05) is 11.5 Å². The summed E-state index contributed by atoms with van der Waals surface area (Å²) >= 11 is 0. The van der Waals surface area contributed by atoms with Crippen molar-refractivity contribution in [3.8, 4) is 0 Å². The van der Waals surface area contributed by atoms with Gasteiger partial charge in [0.05, 0.1) is 19.9 Å². The van der Waals surface area contributed by atoms with Gasteiger partial charge in [0.2, 0.25) is 0 Å². The van der Waals surface area contributed by atoms with Crippen LogP contribution in [-0.2, 0) is 16.0 Å². The average molecular weight is 254 g/mol. The van der Waals surface area contributed by atoms with Crippen molar-refractivity contribution in [2.24, 2.45) is 5.92 Å². The van der Waals surface area contributed by atoms with Crippen molar-refractivity contribution in [3.63, 3.8) is 0 Å². The second kappa shape index (κ2) is 7.16. The predicted molar refractivity (Wildman–Crippen MR) is 68.6 cm³/mol. The topological polar surface area (TPSA) is 53.3 Å². The van der Waals surface area contributed by atoms with Gasteiger partial charge in [-0.25, -0.2) is 9.78 Å². The van der Waals surface area contributed by atoms with E-state index in [9.17, 15) is 4.79 Å². The summed E-state index contributed by atoms with van der Waals surface area (Å²) in [4.78, 5) is 15.6. The minimum Gasteiger partial charge on any atom is -0.464 e. The average Bonchev–Trinajstić information content (AvgIpc) is 2.69. The summed E-state index contributed by atoms with van der Waals surface area (Å²) in [5, 5.41) is 0. The number of nitrogens with zero attached hydrogens (tertiary/aromatic N) is 2. The fraction of sp³-hybridized carbons (Fsp3) is 0.692. The molecule has 0 aliphatic heterocycles. The number of hydrogen-bond acceptors (Lipinski definition) is 4. The highest BCUT2D eigenvalue weighted by Crippen LogP contribution is 2.06. The van der Waals surface area contributed by atoms with Gasteiger partial charge in [0.15, 0.2) is 0 Å². The van der Waals surface area contributed by atoms with Gasteiger partial charge in [-0.15, -0.1) is 0 Å². The Balaban J connectivity index is 2.46. The lowest BCUT2D eigenvalue weighted by atomic mass is 10.1. The number of carbonyl (C=O) groups excluding carboxylic acids is 1. The minimum atomic E-state index is -0.363. The van der Waals surface area contributed by atoms with Gasteiger partial charge in [-0.05, 0) is 19.3 Å². The molecule has 5 heteroatoms. The Morgan fingerprint density at radius 3 is 2.78 bits per heavy atom. The van der Waals surface area contributed by atoms with Gasteiger partial charge in [-0.3, -0.25) is 0 Å². The van der Waals surface area contributed by atoms with Crippen molar-refractivity contribution < 1.29 is 14.3 Å². The van der Waals surface area contributed by atoms with Crippen LogP contribution in [0.4, 0.5) is 0 Å². The highest BCUT2D eigenvalue weighted by Gasteiger charge is 2.14. The van der Waals surface area contributed by atoms with Crippen LogP contribution >= 0.6 is 0 Å². The first-order chi connectivity index (χ1) is 8.56. The number of imidazole rings is 1. The van der Waals surface area contributed by atoms with Crippen molar-refractivity contribution in [2.75, 3.05) is 20.3 Å². The first-order valence-electron chi connectivity index (χ1n) is 6.24. The largest absolute Gasteiger partial charge is 0.464 e. The third kappa shape index (κ3) is 4.14. The zero-order valence-corrected chi connectivity index (χ0v) is 11.6. The molecule has 18 heavy (non-hydrogen) atoms. The van der Waals surface area contributed by atoms with Crippen LogP contribution in [0, 0.1) is 12.8 Å². The minimum absolute atomic E-state index is 0.363. The second-order valence-electron chi connectivity index (χ2n) is 4.63. The number of aryl methyl sites for hydroxylation is 1. The molecular formula is C13H22N2O3. The number of ether oxygens (including phenoxy) is 2. The maximum Gasteiger partial charge on any atom is 0.356 e. The maximum absolute atomic E-state index is 11.5. The summed E-state index contributed by atoms with van der Waals surface area (Å²) in [7, 11) is 1.37. The molecule has 0 spiro atoms. The summed E-state index contributed by atoms with van der Waals surface area (Å²) < 4.78 is 12.1. The lowest BCUT2D eigenvalue weighted by Crippen LogP contribution is -2.15. The number of esters is 1. The van der Waals surface area contributed by atoms with Crippen molar-refractivity contribution in [3.05, 3.63) is 17.7 Å². The molecule has 0 bridgehead atoms. The van der Waals surface area contributed by atoms with E-state index < -0.39 is 0 Å². The standard InChI is InChI=1S/C13H22N2O3/c1-10(2)5-7-18-8-6-15-11(3)14-9-12(15)13(16)17-4/h9-10H,5-8H2,1-4H3. The molecule has 0 saturated carbocycles. The predicted octanol–water partition coefficient (Wildman–Crippen LogP) is 2.04. The van der Waals surface area contributed by atoms with Crippen molar-refractivity contribution in [2.45, 2.75) is 33.7 Å². The fourth-order valence-corrected chi connectivity index (χ4v) is 1.59. The van der Waals surface area contributed by atoms with Crippen LogP contribution in [-0.4, -0.2) is 35.8 Å². The normalized spacial score (nSPS) is 10.9. The molecule has 1 aromatic rings. The quantitative estimate of drug-likeness (QED) is 0.552. The Bertz CT molecular complexity index is 386. The summed E-state index contributed by atoms with van der Waals surface area (Å²) in [5.74, 6) is 1.08. The number of hydrogen-bond donors (Lipinski definition) is 0. The van der Waals surface area contributed by atoms with Gasteiger partial charge in [0.25, 0.3) is 0 Å². The number of methoxy groups -OCH3 is 1. The van der Waals surface area contributed by atoms with Gasteiger partial charge >= 0.3 is 5.97 Å². The van der Waals surface area contributed by atoms with Crippen molar-refractivity contribution in [1.29, 1.82) is 0 Å². The summed E-state index contributed by atoms with van der Waals surface area (Å²) in [6, 6.07) is 0. The van der Waals surface area contributed by atoms with E-state index in [4.69, 9.17) is 9.47 Å². The van der Waals surface area contributed by atoms with Crippen LogP contribution in [0.25, 0.3) is 0 Å². The monoisotopic (exact) mass is 254 g/mol. The maximum atomic E-state index is 11.5. The van der Waals surface area contributed by atoms with Crippen molar-refractivity contribution >= 4 is 5.97 Å². The molecule has 0 aliphatic rings. The van der Waals surface area contributed by atoms with Crippen LogP contribution in [0.3, 0.4) is 0 Å². The van der Waals surface area contributed by atoms with E-state index in [2.05, 4.69) is 18.8 Å². The zero-order chi connectivity index (χ0) is 13.5. The Labute approximate surface area is 108 Å². The number of carbonyl (C=O) groups is 1. The molecule has 5 nitrogen and oxygen atoms in total. The smallest absolute Gasteiger partial charge is 0.356 e. The van der Waals surface area contributed by atoms with Crippen LogP contribution in [0.1, 0.15) is 36.6 Å². The van der Waals surface area contributed by atoms with E-state index in [1.54, 1.807) is 0 Å². The summed E-state index contributed by atoms with van der Waals surface area (Å²) in [5.41, 5.74) is 0.474. The molecule has 0 saturated heterocycles. The van der Waals surface area contributed by atoms with Gasteiger partial charge in [0, 0.05) is 13.2 Å². The van der Waals surface area contributed by atoms with Crippen LogP contribution in [0.2, 0.25) is 0 Å². The Kier molecular flexibility index (Phi) is 5.85. The molecule has 0 unspecified atom stereocenters. The van der Waals surface area contributed by atoms with Crippen LogP contribution in [0.15, 0.2) is 6.20 Å². The Hall–Kier alpha value is -1.36. The molecule has 102 valence electrons. The Morgan fingerprint density at radius 2 is 2.17 bits per heavy atom. The molecule has 0 amide bonds. The highest BCUT2D eigenvalue weighted by atomic mass is 16.5. The highest BCUT2D eigenvalue weighted by molar-refractivity contribution is 5.87. The van der Waals surface area contributed by atoms with Gasteiger partial charge in [-0.1, -0.05) is 13.8 Å². The molecule has 1 heterocycles. The first-order valence-corrected chi connectivity index (χ1v) is 6.24. The molecule has 0 atom stereocenters. The third-order valence-corrected chi connectivity index (χ3v) is 2.75. The third-order valence-electron chi connectivity index (χ3n) is 2.75. The lowest BCUT2D eigenvalue weighted by Gasteiger charge is -2.10. The molecule has 1 rings (SSSR count). The van der Waals surface area contributed by atoms with E-state index in [0.717, 1.165) is 18.9 Å². The molecule has 0 aromatic carbocycles. The Morgan fingerprint density at radius 1 is 1.44 bits per heavy atom. The number of aromatic nitrogens is 2. The SMILES string of the molecule is COC(=O)c1cnc(C)n1CCOCCC(C)C. The first kappa shape index (κ1) is 14.7. The molecular weight excluding hydrogens is 232 g/mol. The van der Waals surface area contributed by atoms with Crippen LogP contribution < -0.4 is 0 Å². The van der Waals surface area contributed by atoms with E-state index in [0.29, 0.717) is 24.8 Å². The van der Waals surface area contributed by atoms with Crippen LogP contribution in [0.5, 0.6) is 0 Å². The summed E-state index contributed by atoms with van der Waals surface area (Å²) in [6.45, 7) is 8.14. The molecule has 0 aliphatic carbocycles. The molecule has 0 N–H and O–H groups in total. The second-order valence-corrected chi connectivity index (χ2v) is 4.63. The van der Waals surface area contributed by atoms with Crippen molar-refractivity contribution in [1.82, 2.24) is 9.55 Å². The van der Waals surface area contributed by atoms with E-state index in [-0.39, 0.29) is 5.97 Å². The summed E-state index contributed by atoms with van der Waals surface area (Å²) in [6.07, 6.45) is 2.59. The molecule has 0 radical (unpaired) electrons. The lowest BCUT2D eigenvalue weighted by molar-refractivity contribution is 0.0583. The van der Waals surface area contributed by atoms with Gasteiger partial charge < -0.3 is 14.0 Å². The number of rotatable bonds is 7. The van der Waals surface area contributed by atoms with Gasteiger partial charge in [-0.2, -0.15) is 0 Å². The van der Waals surface area contributed by atoms with Gasteiger partial charge in [0.1, 0.15) is 11.5 Å². The molecule has 0 fully saturated rings. The molecule has 1 aromatic heterocycles. The van der Waals surface area contributed by atoms with E-state index >= 15 is 0 Å². The van der Waals surface area contributed by atoms with E-state index in [1.165, 1.54) is 13.3 Å². The fourth-order valence-electron chi connectivity index (χ4n) is 1.59.